The molecule has 1 saturated heterocycles. The molecule has 0 aliphatic carbocycles. The largest absolute Gasteiger partial charge is 0.433 e. The molecule has 2 heterocycles. The quantitative estimate of drug-likeness (QED) is 0.899. The average Bonchev–Trinajstić information content (AvgIpc) is 2.32. The molecule has 118 valence electrons. The van der Waals surface area contributed by atoms with Gasteiger partial charge in [-0.2, -0.15) is 13.2 Å². The van der Waals surface area contributed by atoms with Gasteiger partial charge in [0.1, 0.15) is 11.8 Å². The number of nitrogens with zero attached hydrogens (tertiary/aromatic N) is 2. The summed E-state index contributed by atoms with van der Waals surface area (Å²) in [6.07, 6.45) is -4.11. The Morgan fingerprint density at radius 1 is 1.52 bits per heavy atom. The Kier molecular flexibility index (Phi) is 4.22. The van der Waals surface area contributed by atoms with Crippen LogP contribution in [0.1, 0.15) is 31.0 Å². The van der Waals surface area contributed by atoms with Gasteiger partial charge in [-0.1, -0.05) is 0 Å². The van der Waals surface area contributed by atoms with E-state index in [1.807, 2.05) is 0 Å². The van der Waals surface area contributed by atoms with Crippen LogP contribution in [0.2, 0.25) is 0 Å². The fourth-order valence-corrected chi connectivity index (χ4v) is 2.55. The van der Waals surface area contributed by atoms with Gasteiger partial charge in [0.15, 0.2) is 5.82 Å². The van der Waals surface area contributed by atoms with Gasteiger partial charge < -0.3 is 4.74 Å². The number of nitrogens with two attached hydrogens (primary N) is 1. The lowest BCUT2D eigenvalue weighted by Crippen LogP contribution is -2.38. The van der Waals surface area contributed by atoms with Crippen LogP contribution < -0.4 is 5.14 Å². The van der Waals surface area contributed by atoms with Crippen LogP contribution in [0.4, 0.5) is 13.2 Å². The molecule has 6 nitrogen and oxygen atoms in total. The second-order valence-corrected chi connectivity index (χ2v) is 6.93. The van der Waals surface area contributed by atoms with Crippen LogP contribution in [0.25, 0.3) is 0 Å². The highest BCUT2D eigenvalue weighted by molar-refractivity contribution is 7.89. The zero-order valence-electron chi connectivity index (χ0n) is 11.0. The predicted octanol–water partition coefficient (Wildman–Crippen LogP) is 1.25. The third-order valence-corrected chi connectivity index (χ3v) is 4.65. The number of sulfonamides is 1. The summed E-state index contributed by atoms with van der Waals surface area (Å²) in [7, 11) is -3.69. The summed E-state index contributed by atoms with van der Waals surface area (Å²) in [5.74, 6) is -0.371. The Balaban J connectivity index is 2.13. The Morgan fingerprint density at radius 3 is 2.67 bits per heavy atom. The van der Waals surface area contributed by atoms with Crippen LogP contribution in [-0.4, -0.2) is 30.2 Å². The maximum atomic E-state index is 12.6. The fraction of sp³-hybridized carbons (Fsp3) is 0.636. The van der Waals surface area contributed by atoms with E-state index in [2.05, 4.69) is 9.97 Å². The molecule has 1 aromatic rings. The highest BCUT2D eigenvalue weighted by Crippen LogP contribution is 2.38. The third kappa shape index (κ3) is 3.69. The first-order chi connectivity index (χ1) is 9.59. The average molecular weight is 325 g/mol. The number of hydrogen-bond donors (Lipinski definition) is 1. The van der Waals surface area contributed by atoms with Crippen molar-refractivity contribution in [3.05, 3.63) is 23.8 Å². The van der Waals surface area contributed by atoms with Gasteiger partial charge in [0.2, 0.25) is 10.0 Å². The van der Waals surface area contributed by atoms with Crippen LogP contribution >= 0.6 is 0 Å². The van der Waals surface area contributed by atoms with E-state index in [9.17, 15) is 21.6 Å². The Morgan fingerprint density at radius 2 is 2.19 bits per heavy atom. The van der Waals surface area contributed by atoms with Crippen molar-refractivity contribution in [2.45, 2.75) is 30.9 Å². The topological polar surface area (TPSA) is 95.2 Å². The Bertz CT molecular complexity index is 621. The summed E-state index contributed by atoms with van der Waals surface area (Å²) in [4.78, 5) is 7.22. The van der Waals surface area contributed by atoms with Gasteiger partial charge in [-0.25, -0.2) is 23.5 Å². The normalized spacial score (nSPS) is 24.4. The molecule has 0 spiro atoms. The Hall–Kier alpha value is -1.26. The molecule has 10 heteroatoms. The lowest BCUT2D eigenvalue weighted by Gasteiger charge is -2.36. The van der Waals surface area contributed by atoms with Crippen molar-refractivity contribution < 1.29 is 26.3 Å². The number of halogens is 3. The number of hydrogen-bond acceptors (Lipinski definition) is 5. The van der Waals surface area contributed by atoms with E-state index in [0.717, 1.165) is 12.3 Å². The summed E-state index contributed by atoms with van der Waals surface area (Å²) < 4.78 is 65.3. The van der Waals surface area contributed by atoms with Crippen molar-refractivity contribution in [3.63, 3.8) is 0 Å². The second-order valence-electron chi connectivity index (χ2n) is 4.95. The van der Waals surface area contributed by atoms with E-state index in [4.69, 9.17) is 9.88 Å². The highest BCUT2D eigenvalue weighted by Gasteiger charge is 2.40. The summed E-state index contributed by atoms with van der Waals surface area (Å²) in [6.45, 7) is 1.68. The second kappa shape index (κ2) is 5.50. The molecule has 1 aliphatic heterocycles. The lowest BCUT2D eigenvalue weighted by molar-refractivity contribution is -0.144. The van der Waals surface area contributed by atoms with Crippen molar-refractivity contribution in [3.8, 4) is 0 Å². The molecule has 3 unspecified atom stereocenters. The molecule has 0 aromatic carbocycles. The Labute approximate surface area is 119 Å². The molecule has 0 bridgehead atoms. The van der Waals surface area contributed by atoms with E-state index in [1.165, 1.54) is 6.92 Å². The van der Waals surface area contributed by atoms with Gasteiger partial charge in [0, 0.05) is 12.1 Å². The van der Waals surface area contributed by atoms with Crippen LogP contribution in [0.15, 0.2) is 12.3 Å². The van der Waals surface area contributed by atoms with Crippen LogP contribution in [-0.2, 0) is 20.9 Å². The number of ether oxygens (including phenoxy) is 1. The zero-order chi connectivity index (χ0) is 15.8. The van der Waals surface area contributed by atoms with Crippen molar-refractivity contribution in [1.29, 1.82) is 0 Å². The molecule has 3 atom stereocenters. The maximum Gasteiger partial charge on any atom is 0.433 e. The molecule has 21 heavy (non-hydrogen) atoms. The zero-order valence-corrected chi connectivity index (χ0v) is 11.9. The molecule has 1 fully saturated rings. The van der Waals surface area contributed by atoms with Gasteiger partial charge in [0.25, 0.3) is 0 Å². The monoisotopic (exact) mass is 325 g/mol. The summed E-state index contributed by atoms with van der Waals surface area (Å²) in [5.41, 5.74) is -1.05. The maximum absolute atomic E-state index is 12.6. The standard InChI is InChI=1S/C11H14F3N3O3S/c1-6(21(15,18)19)4-7-5-20-9(7)10-16-3-2-8(17-10)11(12,13)14/h2-3,6-7,9H,4-5H2,1H3,(H2,15,18,19). The van der Waals surface area contributed by atoms with Crippen molar-refractivity contribution in [2.75, 3.05) is 6.61 Å². The van der Waals surface area contributed by atoms with E-state index in [-0.39, 0.29) is 24.8 Å². The first-order valence-corrected chi connectivity index (χ1v) is 7.73. The van der Waals surface area contributed by atoms with E-state index in [0.29, 0.717) is 0 Å². The molecular weight excluding hydrogens is 311 g/mol. The minimum Gasteiger partial charge on any atom is -0.369 e. The summed E-state index contributed by atoms with van der Waals surface area (Å²) in [5, 5.41) is 4.22. The molecule has 0 saturated carbocycles. The van der Waals surface area contributed by atoms with Crippen molar-refractivity contribution in [1.82, 2.24) is 9.97 Å². The molecule has 1 aromatic heterocycles. The lowest BCUT2D eigenvalue weighted by atomic mass is 9.92. The molecule has 2 N–H and O–H groups in total. The highest BCUT2D eigenvalue weighted by atomic mass is 32.2. The smallest absolute Gasteiger partial charge is 0.369 e. The molecule has 2 rings (SSSR count). The van der Waals surface area contributed by atoms with Gasteiger partial charge in [-0.05, 0) is 19.4 Å². The first kappa shape index (κ1) is 16.1. The van der Waals surface area contributed by atoms with Crippen molar-refractivity contribution in [2.24, 2.45) is 11.1 Å². The number of aromatic nitrogens is 2. The number of alkyl halides is 3. The van der Waals surface area contributed by atoms with Gasteiger partial charge in [-0.3, -0.25) is 0 Å². The molecule has 0 amide bonds. The number of primary sulfonamides is 1. The fourth-order valence-electron chi connectivity index (χ4n) is 2.03. The SMILES string of the molecule is CC(CC1COC1c1nccc(C(F)(F)F)n1)S(N)(=O)=O. The summed E-state index contributed by atoms with van der Waals surface area (Å²) >= 11 is 0. The van der Waals surface area contributed by atoms with E-state index >= 15 is 0 Å². The van der Waals surface area contributed by atoms with Crippen LogP contribution in [0.3, 0.4) is 0 Å². The first-order valence-electron chi connectivity index (χ1n) is 6.12. The molecular formula is C11H14F3N3O3S. The van der Waals surface area contributed by atoms with Crippen LogP contribution in [0, 0.1) is 5.92 Å². The molecule has 1 aliphatic rings. The van der Waals surface area contributed by atoms with Gasteiger partial charge in [0.05, 0.1) is 11.9 Å². The van der Waals surface area contributed by atoms with E-state index in [1.54, 1.807) is 0 Å². The number of rotatable bonds is 4. The predicted molar refractivity (Wildman–Crippen MR) is 66.4 cm³/mol. The van der Waals surface area contributed by atoms with Crippen molar-refractivity contribution >= 4 is 10.0 Å². The van der Waals surface area contributed by atoms with Gasteiger partial charge >= 0.3 is 6.18 Å². The third-order valence-electron chi connectivity index (χ3n) is 3.33. The van der Waals surface area contributed by atoms with E-state index < -0.39 is 33.2 Å². The minimum atomic E-state index is -4.56. The summed E-state index contributed by atoms with van der Waals surface area (Å²) in [6, 6.07) is 0.768. The minimum absolute atomic E-state index is 0.0947. The molecule has 0 radical (unpaired) electrons. The van der Waals surface area contributed by atoms with Gasteiger partial charge in [-0.15, -0.1) is 0 Å². The van der Waals surface area contributed by atoms with Crippen LogP contribution in [0.5, 0.6) is 0 Å².